The van der Waals surface area contributed by atoms with Crippen LogP contribution in [0.2, 0.25) is 0 Å². The number of hydrogen-bond acceptors (Lipinski definition) is 4. The third-order valence-electron chi connectivity index (χ3n) is 3.62. The largest absolute Gasteiger partial charge is 0.366 e. The first-order valence-electron chi connectivity index (χ1n) is 5.94. The number of likely N-dealkylation sites (N-methyl/N-ethyl adjacent to an activating group) is 1. The predicted octanol–water partition coefficient (Wildman–Crippen LogP) is 1.48. The van der Waals surface area contributed by atoms with E-state index in [9.17, 15) is 0 Å². The van der Waals surface area contributed by atoms with Crippen molar-refractivity contribution in [3.8, 4) is 6.07 Å². The maximum absolute atomic E-state index is 9.12. The van der Waals surface area contributed by atoms with E-state index in [1.54, 1.807) is 18.5 Å². The van der Waals surface area contributed by atoms with Gasteiger partial charge in [0, 0.05) is 31.4 Å². The van der Waals surface area contributed by atoms with Gasteiger partial charge in [-0.1, -0.05) is 0 Å². The summed E-state index contributed by atoms with van der Waals surface area (Å²) in [4.78, 5) is 8.77. The molecule has 2 unspecified atom stereocenters. The second-order valence-corrected chi connectivity index (χ2v) is 4.77. The molecule has 0 aromatic carbocycles. The van der Waals surface area contributed by atoms with E-state index in [2.05, 4.69) is 41.7 Å². The van der Waals surface area contributed by atoms with Gasteiger partial charge in [0.05, 0.1) is 17.4 Å². The van der Waals surface area contributed by atoms with Crippen molar-refractivity contribution in [3.63, 3.8) is 0 Å². The van der Waals surface area contributed by atoms with Crippen molar-refractivity contribution in [2.45, 2.75) is 25.9 Å². The summed E-state index contributed by atoms with van der Waals surface area (Å²) in [7, 11) is 2.15. The maximum Gasteiger partial charge on any atom is 0.101 e. The molecule has 0 saturated carbocycles. The van der Waals surface area contributed by atoms with Crippen molar-refractivity contribution in [3.05, 3.63) is 24.0 Å². The Morgan fingerprint density at radius 3 is 2.59 bits per heavy atom. The van der Waals surface area contributed by atoms with Gasteiger partial charge in [-0.25, -0.2) is 0 Å². The van der Waals surface area contributed by atoms with Crippen molar-refractivity contribution in [1.29, 1.82) is 5.26 Å². The van der Waals surface area contributed by atoms with Crippen LogP contribution >= 0.6 is 0 Å². The maximum atomic E-state index is 9.12. The van der Waals surface area contributed by atoms with E-state index in [4.69, 9.17) is 5.26 Å². The lowest BCUT2D eigenvalue weighted by Gasteiger charge is -2.43. The van der Waals surface area contributed by atoms with Gasteiger partial charge in [0.15, 0.2) is 0 Å². The Morgan fingerprint density at radius 2 is 2.00 bits per heavy atom. The van der Waals surface area contributed by atoms with Gasteiger partial charge < -0.3 is 4.90 Å². The molecule has 90 valence electrons. The summed E-state index contributed by atoms with van der Waals surface area (Å²) in [6.45, 7) is 6.32. The van der Waals surface area contributed by atoms with E-state index in [0.29, 0.717) is 17.6 Å². The van der Waals surface area contributed by atoms with E-state index >= 15 is 0 Å². The summed E-state index contributed by atoms with van der Waals surface area (Å²) in [5, 5.41) is 9.12. The Kier molecular flexibility index (Phi) is 3.30. The number of nitrogens with zero attached hydrogens (tertiary/aromatic N) is 4. The number of nitriles is 1. The Bertz CT molecular complexity index is 425. The predicted molar refractivity (Wildman–Crippen MR) is 67.9 cm³/mol. The smallest absolute Gasteiger partial charge is 0.101 e. The molecule has 1 aliphatic heterocycles. The monoisotopic (exact) mass is 230 g/mol. The molecule has 0 aliphatic carbocycles. The summed E-state index contributed by atoms with van der Waals surface area (Å²) in [6, 6.07) is 5.00. The fourth-order valence-corrected chi connectivity index (χ4v) is 2.33. The van der Waals surface area contributed by atoms with Crippen LogP contribution in [0.25, 0.3) is 0 Å². The molecular weight excluding hydrogens is 212 g/mol. The first-order valence-corrected chi connectivity index (χ1v) is 5.94. The minimum atomic E-state index is 0.491. The van der Waals surface area contributed by atoms with Gasteiger partial charge in [-0.2, -0.15) is 5.26 Å². The summed E-state index contributed by atoms with van der Waals surface area (Å²) in [5.74, 6) is 0. The van der Waals surface area contributed by atoms with E-state index in [-0.39, 0.29) is 0 Å². The molecule has 2 atom stereocenters. The highest BCUT2D eigenvalue weighted by Gasteiger charge is 2.27. The third kappa shape index (κ3) is 2.25. The Morgan fingerprint density at radius 1 is 1.35 bits per heavy atom. The minimum absolute atomic E-state index is 0.491. The van der Waals surface area contributed by atoms with Gasteiger partial charge in [-0.15, -0.1) is 0 Å². The van der Waals surface area contributed by atoms with Crippen molar-refractivity contribution in [2.24, 2.45) is 0 Å². The minimum Gasteiger partial charge on any atom is -0.366 e. The van der Waals surface area contributed by atoms with Crippen LogP contribution in [0.5, 0.6) is 0 Å². The topological polar surface area (TPSA) is 43.2 Å². The van der Waals surface area contributed by atoms with Crippen molar-refractivity contribution >= 4 is 5.69 Å². The SMILES string of the molecule is CC1CN(c2cnccc2C#N)CC(C)N1C. The molecule has 0 N–H and O–H groups in total. The molecule has 1 fully saturated rings. The van der Waals surface area contributed by atoms with Crippen LogP contribution in [0.15, 0.2) is 18.5 Å². The zero-order chi connectivity index (χ0) is 12.4. The lowest BCUT2D eigenvalue weighted by atomic mass is 10.1. The molecule has 2 rings (SSSR count). The number of piperazine rings is 1. The zero-order valence-corrected chi connectivity index (χ0v) is 10.6. The van der Waals surface area contributed by atoms with Gasteiger partial charge in [0.2, 0.25) is 0 Å². The number of anilines is 1. The van der Waals surface area contributed by atoms with Crippen molar-refractivity contribution in [2.75, 3.05) is 25.0 Å². The van der Waals surface area contributed by atoms with E-state index < -0.39 is 0 Å². The van der Waals surface area contributed by atoms with Gasteiger partial charge >= 0.3 is 0 Å². The van der Waals surface area contributed by atoms with Crippen molar-refractivity contribution in [1.82, 2.24) is 9.88 Å². The second-order valence-electron chi connectivity index (χ2n) is 4.77. The van der Waals surface area contributed by atoms with Crippen LogP contribution in [0.1, 0.15) is 19.4 Å². The van der Waals surface area contributed by atoms with Crippen LogP contribution in [0.4, 0.5) is 5.69 Å². The first-order chi connectivity index (χ1) is 8.13. The molecule has 1 aromatic heterocycles. The summed E-state index contributed by atoms with van der Waals surface area (Å²) in [6.07, 6.45) is 3.47. The number of rotatable bonds is 1. The Labute approximate surface area is 102 Å². The summed E-state index contributed by atoms with van der Waals surface area (Å²) >= 11 is 0. The van der Waals surface area contributed by atoms with E-state index in [1.807, 2.05) is 0 Å². The highest BCUT2D eigenvalue weighted by molar-refractivity contribution is 5.58. The van der Waals surface area contributed by atoms with Gasteiger partial charge in [-0.05, 0) is 27.0 Å². The molecule has 1 aromatic rings. The summed E-state index contributed by atoms with van der Waals surface area (Å²) < 4.78 is 0. The van der Waals surface area contributed by atoms with Gasteiger partial charge in [0.1, 0.15) is 6.07 Å². The van der Waals surface area contributed by atoms with Crippen molar-refractivity contribution < 1.29 is 0 Å². The standard InChI is InChI=1S/C13H18N4/c1-10-8-17(9-11(2)16(10)3)13-7-15-5-4-12(13)6-14/h4-5,7,10-11H,8-9H2,1-3H3. The quantitative estimate of drug-likeness (QED) is 0.733. The highest BCUT2D eigenvalue weighted by Crippen LogP contribution is 2.23. The second kappa shape index (κ2) is 4.72. The molecule has 4 nitrogen and oxygen atoms in total. The number of hydrogen-bond donors (Lipinski definition) is 0. The lowest BCUT2D eigenvalue weighted by molar-refractivity contribution is 0.170. The number of aromatic nitrogens is 1. The average molecular weight is 230 g/mol. The van der Waals surface area contributed by atoms with E-state index in [0.717, 1.165) is 18.8 Å². The van der Waals surface area contributed by atoms with Gasteiger partial charge in [-0.3, -0.25) is 9.88 Å². The molecule has 17 heavy (non-hydrogen) atoms. The zero-order valence-electron chi connectivity index (χ0n) is 10.6. The molecule has 2 heterocycles. The first kappa shape index (κ1) is 11.9. The van der Waals surface area contributed by atoms with Crippen LogP contribution in [0, 0.1) is 11.3 Å². The lowest BCUT2D eigenvalue weighted by Crippen LogP contribution is -2.55. The highest BCUT2D eigenvalue weighted by atomic mass is 15.3. The normalized spacial score (nSPS) is 25.6. The number of pyridine rings is 1. The fourth-order valence-electron chi connectivity index (χ4n) is 2.33. The molecular formula is C13H18N4. The van der Waals surface area contributed by atoms with Crippen LogP contribution < -0.4 is 4.90 Å². The average Bonchev–Trinajstić information content (AvgIpc) is 2.35. The molecule has 0 amide bonds. The summed E-state index contributed by atoms with van der Waals surface area (Å²) in [5.41, 5.74) is 1.67. The fraction of sp³-hybridized carbons (Fsp3) is 0.538. The molecule has 0 spiro atoms. The van der Waals surface area contributed by atoms with Crippen LogP contribution in [-0.4, -0.2) is 42.1 Å². The third-order valence-corrected chi connectivity index (χ3v) is 3.62. The Hall–Kier alpha value is -1.60. The Balaban J connectivity index is 2.26. The molecule has 1 aliphatic rings. The molecule has 1 saturated heterocycles. The van der Waals surface area contributed by atoms with Crippen LogP contribution in [-0.2, 0) is 0 Å². The molecule has 0 radical (unpaired) electrons. The van der Waals surface area contributed by atoms with Gasteiger partial charge in [0.25, 0.3) is 0 Å². The molecule has 0 bridgehead atoms. The van der Waals surface area contributed by atoms with Crippen LogP contribution in [0.3, 0.4) is 0 Å². The van der Waals surface area contributed by atoms with E-state index in [1.165, 1.54) is 0 Å². The molecule has 4 heteroatoms.